The van der Waals surface area contributed by atoms with Gasteiger partial charge in [0.15, 0.2) is 23.8 Å². The first-order valence-corrected chi connectivity index (χ1v) is 7.04. The minimum absolute atomic E-state index is 0.0278. The number of nitrogens with two attached hydrogens (primary N) is 1. The number of rotatable bonds is 6. The van der Waals surface area contributed by atoms with Crippen LogP contribution in [0.1, 0.15) is 17.4 Å². The number of nitrogens with one attached hydrogen (secondary N) is 1. The van der Waals surface area contributed by atoms with Gasteiger partial charge in [0.25, 0.3) is 5.91 Å². The fourth-order valence-electron chi connectivity index (χ4n) is 1.82. The molecule has 0 saturated carbocycles. The van der Waals surface area contributed by atoms with E-state index in [9.17, 15) is 4.79 Å². The summed E-state index contributed by atoms with van der Waals surface area (Å²) in [6.45, 7) is 2.11. The van der Waals surface area contributed by atoms with Crippen molar-refractivity contribution in [1.82, 2.24) is 15.4 Å². The first-order chi connectivity index (χ1) is 10.6. The van der Waals surface area contributed by atoms with Crippen molar-refractivity contribution in [2.75, 3.05) is 13.2 Å². The number of ether oxygens (including phenoxy) is 2. The zero-order valence-corrected chi connectivity index (χ0v) is 13.2. The molecule has 3 N–H and O–H groups in total. The van der Waals surface area contributed by atoms with E-state index in [1.165, 1.54) is 0 Å². The van der Waals surface area contributed by atoms with Crippen LogP contribution in [-0.4, -0.2) is 34.5 Å². The monoisotopic (exact) mass is 365 g/mol. The Bertz CT molecular complexity index is 738. The van der Waals surface area contributed by atoms with E-state index in [1.54, 1.807) is 12.1 Å². The van der Waals surface area contributed by atoms with Crippen molar-refractivity contribution in [1.29, 1.82) is 5.26 Å². The zero-order valence-electron chi connectivity index (χ0n) is 11.6. The van der Waals surface area contributed by atoms with Gasteiger partial charge in [-0.15, -0.1) is 0 Å². The lowest BCUT2D eigenvalue weighted by Gasteiger charge is -2.13. The maximum absolute atomic E-state index is 11.4. The standard InChI is InChI=1S/C13H12BrN5O3/c1-2-21-9-6-7(5-8(14)12(9)22-4-3-15)10-11(13(16)20)18-19-17-10/h5-6H,2,4H2,1H3,(H2,16,20)(H,17,18,19). The Hall–Kier alpha value is -2.60. The van der Waals surface area contributed by atoms with E-state index in [4.69, 9.17) is 20.5 Å². The number of hydrogen-bond acceptors (Lipinski definition) is 6. The van der Waals surface area contributed by atoms with E-state index in [-0.39, 0.29) is 12.3 Å². The maximum atomic E-state index is 11.4. The Balaban J connectivity index is 2.52. The number of aromatic nitrogens is 3. The highest BCUT2D eigenvalue weighted by atomic mass is 79.9. The van der Waals surface area contributed by atoms with Crippen LogP contribution in [0.5, 0.6) is 11.5 Å². The van der Waals surface area contributed by atoms with Crippen LogP contribution in [0.15, 0.2) is 16.6 Å². The molecule has 1 aromatic heterocycles. The number of primary amides is 1. The number of nitriles is 1. The van der Waals surface area contributed by atoms with E-state index in [0.29, 0.717) is 33.8 Å². The van der Waals surface area contributed by atoms with Crippen LogP contribution in [0.2, 0.25) is 0 Å². The molecule has 0 bridgehead atoms. The van der Waals surface area contributed by atoms with Gasteiger partial charge in [-0.25, -0.2) is 0 Å². The number of halogens is 1. The Morgan fingerprint density at radius 2 is 2.23 bits per heavy atom. The van der Waals surface area contributed by atoms with E-state index >= 15 is 0 Å². The second kappa shape index (κ2) is 6.91. The number of carbonyl (C=O) groups excluding carboxylic acids is 1. The SMILES string of the molecule is CCOc1cc(-c2n[nH]nc2C(N)=O)cc(Br)c1OCC#N. The summed E-state index contributed by atoms with van der Waals surface area (Å²) in [5, 5.41) is 18.7. The first-order valence-electron chi connectivity index (χ1n) is 6.25. The molecular weight excluding hydrogens is 354 g/mol. The Morgan fingerprint density at radius 3 is 2.86 bits per heavy atom. The molecule has 1 heterocycles. The van der Waals surface area contributed by atoms with Gasteiger partial charge in [-0.1, -0.05) is 0 Å². The summed E-state index contributed by atoms with van der Waals surface area (Å²) in [5.41, 5.74) is 6.17. The van der Waals surface area contributed by atoms with Crippen molar-refractivity contribution in [3.63, 3.8) is 0 Å². The molecule has 2 aromatic rings. The number of benzene rings is 1. The molecule has 0 aliphatic heterocycles. The molecular formula is C13H12BrN5O3. The first kappa shape index (κ1) is 15.8. The van der Waals surface area contributed by atoms with Crippen LogP contribution < -0.4 is 15.2 Å². The zero-order chi connectivity index (χ0) is 16.1. The average Bonchev–Trinajstić information content (AvgIpc) is 2.96. The summed E-state index contributed by atoms with van der Waals surface area (Å²) < 4.78 is 11.4. The molecule has 0 fully saturated rings. The van der Waals surface area contributed by atoms with Crippen LogP contribution in [0.4, 0.5) is 0 Å². The highest BCUT2D eigenvalue weighted by molar-refractivity contribution is 9.10. The average molecular weight is 366 g/mol. The van der Waals surface area contributed by atoms with E-state index < -0.39 is 5.91 Å². The molecule has 1 amide bonds. The molecule has 0 aliphatic carbocycles. The molecule has 0 saturated heterocycles. The molecule has 0 atom stereocenters. The van der Waals surface area contributed by atoms with Crippen molar-refractivity contribution >= 4 is 21.8 Å². The van der Waals surface area contributed by atoms with Crippen molar-refractivity contribution in [2.45, 2.75) is 6.92 Å². The predicted octanol–water partition coefficient (Wildman–Crippen LogP) is 1.63. The largest absolute Gasteiger partial charge is 0.490 e. The summed E-state index contributed by atoms with van der Waals surface area (Å²) >= 11 is 3.36. The topological polar surface area (TPSA) is 127 Å². The van der Waals surface area contributed by atoms with Gasteiger partial charge in [0.2, 0.25) is 0 Å². The third kappa shape index (κ3) is 3.17. The summed E-state index contributed by atoms with van der Waals surface area (Å²) in [5.74, 6) is 0.124. The van der Waals surface area contributed by atoms with E-state index in [2.05, 4.69) is 31.3 Å². The lowest BCUT2D eigenvalue weighted by Crippen LogP contribution is -2.12. The van der Waals surface area contributed by atoms with Crippen molar-refractivity contribution < 1.29 is 14.3 Å². The molecule has 0 spiro atoms. The van der Waals surface area contributed by atoms with Gasteiger partial charge in [-0.2, -0.15) is 20.7 Å². The number of carbonyl (C=O) groups is 1. The molecule has 0 aliphatic rings. The van der Waals surface area contributed by atoms with Gasteiger partial charge >= 0.3 is 0 Å². The van der Waals surface area contributed by atoms with Crippen molar-refractivity contribution in [3.05, 3.63) is 22.3 Å². The van der Waals surface area contributed by atoms with Gasteiger partial charge in [0, 0.05) is 5.56 Å². The molecule has 8 nitrogen and oxygen atoms in total. The number of H-pyrrole nitrogens is 1. The second-order valence-corrected chi connectivity index (χ2v) is 4.90. The van der Waals surface area contributed by atoms with Crippen LogP contribution in [0.3, 0.4) is 0 Å². The number of amides is 1. The van der Waals surface area contributed by atoms with Gasteiger partial charge in [0.05, 0.1) is 11.1 Å². The van der Waals surface area contributed by atoms with Gasteiger partial charge in [0.1, 0.15) is 11.8 Å². The highest BCUT2D eigenvalue weighted by Crippen LogP contribution is 2.39. The molecule has 0 unspecified atom stereocenters. The minimum Gasteiger partial charge on any atom is -0.490 e. The predicted molar refractivity (Wildman–Crippen MR) is 80.3 cm³/mol. The fourth-order valence-corrected chi connectivity index (χ4v) is 2.37. The lowest BCUT2D eigenvalue weighted by atomic mass is 10.1. The molecule has 9 heteroatoms. The van der Waals surface area contributed by atoms with Gasteiger partial charge < -0.3 is 15.2 Å². The smallest absolute Gasteiger partial charge is 0.271 e. The van der Waals surface area contributed by atoms with E-state index in [0.717, 1.165) is 0 Å². The Labute approximate surface area is 134 Å². The Morgan fingerprint density at radius 1 is 1.45 bits per heavy atom. The molecule has 0 radical (unpaired) electrons. The minimum atomic E-state index is -0.692. The third-order valence-corrected chi connectivity index (χ3v) is 3.23. The molecule has 2 rings (SSSR count). The summed E-state index contributed by atoms with van der Waals surface area (Å²) in [4.78, 5) is 11.4. The van der Waals surface area contributed by atoms with Crippen LogP contribution >= 0.6 is 15.9 Å². The second-order valence-electron chi connectivity index (χ2n) is 4.05. The Kier molecular flexibility index (Phi) is 4.95. The maximum Gasteiger partial charge on any atom is 0.271 e. The van der Waals surface area contributed by atoms with Crippen LogP contribution in [0.25, 0.3) is 11.3 Å². The number of aromatic amines is 1. The van der Waals surface area contributed by atoms with Crippen molar-refractivity contribution in [3.8, 4) is 28.8 Å². The quantitative estimate of drug-likeness (QED) is 0.800. The van der Waals surface area contributed by atoms with Crippen LogP contribution in [-0.2, 0) is 0 Å². The van der Waals surface area contributed by atoms with E-state index in [1.807, 2.05) is 13.0 Å². The fraction of sp³-hybridized carbons (Fsp3) is 0.231. The molecule has 1 aromatic carbocycles. The number of hydrogen-bond donors (Lipinski definition) is 2. The highest BCUT2D eigenvalue weighted by Gasteiger charge is 2.19. The normalized spacial score (nSPS) is 10.0. The summed E-state index contributed by atoms with van der Waals surface area (Å²) in [7, 11) is 0. The lowest BCUT2D eigenvalue weighted by molar-refractivity contribution is 0.0996. The third-order valence-electron chi connectivity index (χ3n) is 2.65. The van der Waals surface area contributed by atoms with Crippen LogP contribution in [0, 0.1) is 11.3 Å². The van der Waals surface area contributed by atoms with Gasteiger partial charge in [-0.05, 0) is 35.0 Å². The number of nitrogens with zero attached hydrogens (tertiary/aromatic N) is 3. The summed E-state index contributed by atoms with van der Waals surface area (Å²) in [6.07, 6.45) is 0. The molecule has 22 heavy (non-hydrogen) atoms. The van der Waals surface area contributed by atoms with Crippen molar-refractivity contribution in [2.24, 2.45) is 5.73 Å². The molecule has 114 valence electrons. The summed E-state index contributed by atoms with van der Waals surface area (Å²) in [6, 6.07) is 5.22. The van der Waals surface area contributed by atoms with Gasteiger partial charge in [-0.3, -0.25) is 4.79 Å².